The lowest BCUT2D eigenvalue weighted by Crippen LogP contribution is -2.52. The molecule has 0 unspecified atom stereocenters. The van der Waals surface area contributed by atoms with Gasteiger partial charge in [0.25, 0.3) is 10.0 Å². The molecule has 9 nitrogen and oxygen atoms in total. The lowest BCUT2D eigenvalue weighted by Gasteiger charge is -2.33. The van der Waals surface area contributed by atoms with Crippen LogP contribution in [-0.2, 0) is 26.2 Å². The summed E-state index contributed by atoms with van der Waals surface area (Å²) in [5, 5.41) is 2.80. The molecule has 10 heteroatoms. The van der Waals surface area contributed by atoms with Gasteiger partial charge in [-0.3, -0.25) is 13.9 Å². The zero-order chi connectivity index (χ0) is 29.3. The van der Waals surface area contributed by atoms with Crippen LogP contribution in [0.4, 0.5) is 5.69 Å². The number of sulfonamides is 1. The first-order chi connectivity index (χ1) is 19.2. The van der Waals surface area contributed by atoms with Gasteiger partial charge in [-0.25, -0.2) is 8.42 Å². The second-order valence-corrected chi connectivity index (χ2v) is 11.1. The predicted molar refractivity (Wildman–Crippen MR) is 155 cm³/mol. The van der Waals surface area contributed by atoms with Crippen molar-refractivity contribution in [1.29, 1.82) is 0 Å². The van der Waals surface area contributed by atoms with E-state index in [9.17, 15) is 18.0 Å². The summed E-state index contributed by atoms with van der Waals surface area (Å²) in [4.78, 5) is 28.7. The number of benzene rings is 3. The molecule has 214 valence electrons. The molecule has 0 saturated carbocycles. The first kappa shape index (κ1) is 30.5. The third-order valence-electron chi connectivity index (χ3n) is 6.44. The quantitative estimate of drug-likeness (QED) is 0.333. The SMILES string of the molecule is CCNC(=O)[C@@H](CC)N(Cc1cccc(OC)c1)C(=O)CN(c1cc(C)ccc1OC)S(=O)(=O)c1ccccc1. The molecule has 1 atom stereocenters. The van der Waals surface area contributed by atoms with Crippen molar-refractivity contribution >= 4 is 27.5 Å². The summed E-state index contributed by atoms with van der Waals surface area (Å²) in [5.41, 5.74) is 1.76. The van der Waals surface area contributed by atoms with Crippen molar-refractivity contribution in [2.75, 3.05) is 31.6 Å². The highest BCUT2D eigenvalue weighted by Gasteiger charge is 2.34. The van der Waals surface area contributed by atoms with Crippen molar-refractivity contribution in [3.8, 4) is 11.5 Å². The van der Waals surface area contributed by atoms with Gasteiger partial charge in [-0.1, -0.05) is 43.3 Å². The number of likely N-dealkylation sites (N-methyl/N-ethyl adjacent to an activating group) is 1. The van der Waals surface area contributed by atoms with Gasteiger partial charge in [-0.15, -0.1) is 0 Å². The third-order valence-corrected chi connectivity index (χ3v) is 8.21. The van der Waals surface area contributed by atoms with E-state index in [1.165, 1.54) is 24.1 Å². The van der Waals surface area contributed by atoms with Crippen molar-refractivity contribution in [3.05, 3.63) is 83.9 Å². The zero-order valence-corrected chi connectivity index (χ0v) is 24.4. The molecule has 0 aliphatic heterocycles. The van der Waals surface area contributed by atoms with Crippen LogP contribution in [0.15, 0.2) is 77.7 Å². The van der Waals surface area contributed by atoms with E-state index in [1.807, 2.05) is 19.9 Å². The smallest absolute Gasteiger partial charge is 0.264 e. The molecule has 0 fully saturated rings. The standard InChI is InChI=1S/C30H37N3O6S/c1-6-26(30(35)31-7-2)32(20-23-12-11-13-24(19-23)38-4)29(34)21-33(27-18-22(3)16-17-28(27)39-5)40(36,37)25-14-9-8-10-15-25/h8-19,26H,6-7,20-21H2,1-5H3,(H,31,35)/t26-/m1/s1. The molecule has 0 radical (unpaired) electrons. The van der Waals surface area contributed by atoms with Gasteiger partial charge in [-0.05, 0) is 67.8 Å². The lowest BCUT2D eigenvalue weighted by atomic mass is 10.1. The van der Waals surface area contributed by atoms with Crippen molar-refractivity contribution in [1.82, 2.24) is 10.2 Å². The molecule has 0 aromatic heterocycles. The predicted octanol–water partition coefficient (Wildman–Crippen LogP) is 4.15. The summed E-state index contributed by atoms with van der Waals surface area (Å²) in [6, 6.07) is 19.4. The molecule has 3 aromatic rings. The van der Waals surface area contributed by atoms with Gasteiger partial charge in [0, 0.05) is 13.1 Å². The highest BCUT2D eigenvalue weighted by atomic mass is 32.2. The Bertz CT molecular complexity index is 1410. The maximum absolute atomic E-state index is 14.1. The van der Waals surface area contributed by atoms with E-state index in [1.54, 1.807) is 68.6 Å². The molecular formula is C30H37N3O6S. The Balaban J connectivity index is 2.12. The Kier molecular flexibility index (Phi) is 10.6. The van der Waals surface area contributed by atoms with Gasteiger partial charge in [0.2, 0.25) is 11.8 Å². The minimum absolute atomic E-state index is 0.0291. The largest absolute Gasteiger partial charge is 0.497 e. The third kappa shape index (κ3) is 7.12. The first-order valence-corrected chi connectivity index (χ1v) is 14.5. The Morgan fingerprint density at radius 2 is 1.65 bits per heavy atom. The highest BCUT2D eigenvalue weighted by Crippen LogP contribution is 2.34. The summed E-state index contributed by atoms with van der Waals surface area (Å²) < 4.78 is 39.9. The van der Waals surface area contributed by atoms with E-state index in [2.05, 4.69) is 5.32 Å². The van der Waals surface area contributed by atoms with Crippen LogP contribution in [0.3, 0.4) is 0 Å². The Morgan fingerprint density at radius 3 is 2.27 bits per heavy atom. The van der Waals surface area contributed by atoms with Crippen LogP contribution < -0.4 is 19.1 Å². The number of anilines is 1. The molecule has 3 rings (SSSR count). The number of nitrogens with one attached hydrogen (secondary N) is 1. The maximum atomic E-state index is 14.1. The first-order valence-electron chi connectivity index (χ1n) is 13.1. The Hall–Kier alpha value is -4.05. The van der Waals surface area contributed by atoms with Crippen molar-refractivity contribution in [2.24, 2.45) is 0 Å². The van der Waals surface area contributed by atoms with Crippen molar-refractivity contribution in [2.45, 2.75) is 44.7 Å². The molecular weight excluding hydrogens is 530 g/mol. The van der Waals surface area contributed by atoms with Gasteiger partial charge in [0.1, 0.15) is 24.1 Å². The van der Waals surface area contributed by atoms with Gasteiger partial charge < -0.3 is 19.7 Å². The van der Waals surface area contributed by atoms with Crippen LogP contribution in [0.1, 0.15) is 31.4 Å². The number of carbonyl (C=O) groups excluding carboxylic acids is 2. The number of hydrogen-bond acceptors (Lipinski definition) is 6. The number of carbonyl (C=O) groups is 2. The molecule has 3 aromatic carbocycles. The second kappa shape index (κ2) is 13.8. The molecule has 40 heavy (non-hydrogen) atoms. The molecule has 0 heterocycles. The lowest BCUT2D eigenvalue weighted by molar-refractivity contribution is -0.140. The van der Waals surface area contributed by atoms with E-state index in [4.69, 9.17) is 9.47 Å². The van der Waals surface area contributed by atoms with Gasteiger partial charge in [-0.2, -0.15) is 0 Å². The molecule has 0 aliphatic carbocycles. The highest BCUT2D eigenvalue weighted by molar-refractivity contribution is 7.92. The normalized spacial score (nSPS) is 11.8. The summed E-state index contributed by atoms with van der Waals surface area (Å²) >= 11 is 0. The Morgan fingerprint density at radius 1 is 0.925 bits per heavy atom. The fraction of sp³-hybridized carbons (Fsp3) is 0.333. The Labute approximate surface area is 236 Å². The summed E-state index contributed by atoms with van der Waals surface area (Å²) in [6.07, 6.45) is 0.334. The van der Waals surface area contributed by atoms with E-state index < -0.39 is 28.5 Å². The molecule has 0 bridgehead atoms. The fourth-order valence-corrected chi connectivity index (χ4v) is 5.84. The van der Waals surface area contributed by atoms with E-state index >= 15 is 0 Å². The topological polar surface area (TPSA) is 105 Å². The van der Waals surface area contributed by atoms with Crippen LogP contribution >= 0.6 is 0 Å². The van der Waals surface area contributed by atoms with Crippen LogP contribution in [0, 0.1) is 6.92 Å². The van der Waals surface area contributed by atoms with E-state index in [-0.39, 0.29) is 23.0 Å². The number of ether oxygens (including phenoxy) is 2. The van der Waals surface area contributed by atoms with Gasteiger partial charge in [0.15, 0.2) is 0 Å². The maximum Gasteiger partial charge on any atom is 0.264 e. The minimum Gasteiger partial charge on any atom is -0.497 e. The molecule has 0 aliphatic rings. The van der Waals surface area contributed by atoms with Crippen molar-refractivity contribution in [3.63, 3.8) is 0 Å². The second-order valence-electron chi connectivity index (χ2n) is 9.19. The number of aryl methyl sites for hydroxylation is 1. The molecule has 1 N–H and O–H groups in total. The van der Waals surface area contributed by atoms with Gasteiger partial charge in [0.05, 0.1) is 24.8 Å². The zero-order valence-electron chi connectivity index (χ0n) is 23.6. The monoisotopic (exact) mass is 567 g/mol. The number of amides is 2. The van der Waals surface area contributed by atoms with E-state index in [0.717, 1.165) is 15.4 Å². The summed E-state index contributed by atoms with van der Waals surface area (Å²) in [6.45, 7) is 5.37. The molecule has 0 saturated heterocycles. The number of methoxy groups -OCH3 is 2. The molecule has 0 spiro atoms. The average Bonchev–Trinajstić information content (AvgIpc) is 2.96. The number of nitrogens with zero attached hydrogens (tertiary/aromatic N) is 2. The number of rotatable bonds is 13. The van der Waals surface area contributed by atoms with Crippen LogP contribution in [0.2, 0.25) is 0 Å². The van der Waals surface area contributed by atoms with Crippen LogP contribution in [0.5, 0.6) is 11.5 Å². The van der Waals surface area contributed by atoms with E-state index in [0.29, 0.717) is 24.5 Å². The summed E-state index contributed by atoms with van der Waals surface area (Å²) in [7, 11) is -1.20. The number of hydrogen-bond donors (Lipinski definition) is 1. The van der Waals surface area contributed by atoms with Crippen LogP contribution in [-0.4, -0.2) is 58.5 Å². The minimum atomic E-state index is -4.19. The van der Waals surface area contributed by atoms with Gasteiger partial charge >= 0.3 is 0 Å². The molecule has 2 amide bonds. The summed E-state index contributed by atoms with van der Waals surface area (Å²) in [5.74, 6) is 0.0533. The fourth-order valence-electron chi connectivity index (χ4n) is 4.41. The average molecular weight is 568 g/mol. The van der Waals surface area contributed by atoms with Crippen molar-refractivity contribution < 1.29 is 27.5 Å². The van der Waals surface area contributed by atoms with Crippen LogP contribution in [0.25, 0.3) is 0 Å².